The van der Waals surface area contributed by atoms with Crippen LogP contribution in [-0.4, -0.2) is 29.5 Å². The van der Waals surface area contributed by atoms with Gasteiger partial charge in [-0.2, -0.15) is 0 Å². The highest BCUT2D eigenvalue weighted by atomic mass is 35.5. The number of carbonyl (C=O) groups is 1. The lowest BCUT2D eigenvalue weighted by Crippen LogP contribution is -2.31. The molecule has 1 amide bonds. The van der Waals surface area contributed by atoms with E-state index >= 15 is 0 Å². The van der Waals surface area contributed by atoms with Crippen LogP contribution in [-0.2, 0) is 11.2 Å². The molecule has 5 nitrogen and oxygen atoms in total. The average Bonchev–Trinajstić information content (AvgIpc) is 2.16. The van der Waals surface area contributed by atoms with Gasteiger partial charge in [0.1, 0.15) is 17.3 Å². The van der Waals surface area contributed by atoms with Gasteiger partial charge in [0, 0.05) is 12.6 Å². The molecule has 0 saturated carbocycles. The van der Waals surface area contributed by atoms with Crippen molar-refractivity contribution in [3.8, 4) is 0 Å². The lowest BCUT2D eigenvalue weighted by molar-refractivity contribution is -0.116. The SMILES string of the molecule is CCc1c(Cl)ncnc1N(C)CC(N)=O. The molecule has 0 aliphatic carbocycles. The van der Waals surface area contributed by atoms with Gasteiger partial charge in [-0.15, -0.1) is 0 Å². The van der Waals surface area contributed by atoms with E-state index in [2.05, 4.69) is 9.97 Å². The third-order valence-electron chi connectivity index (χ3n) is 1.98. The molecule has 0 aliphatic heterocycles. The first-order chi connectivity index (χ1) is 7.06. The van der Waals surface area contributed by atoms with Gasteiger partial charge in [0.2, 0.25) is 5.91 Å². The zero-order chi connectivity index (χ0) is 11.4. The van der Waals surface area contributed by atoms with Crippen molar-refractivity contribution in [3.05, 3.63) is 17.0 Å². The molecule has 1 rings (SSSR count). The summed E-state index contributed by atoms with van der Waals surface area (Å²) in [7, 11) is 1.74. The Kier molecular flexibility index (Phi) is 3.85. The lowest BCUT2D eigenvalue weighted by Gasteiger charge is -2.19. The van der Waals surface area contributed by atoms with Gasteiger partial charge in [-0.25, -0.2) is 9.97 Å². The van der Waals surface area contributed by atoms with E-state index in [1.165, 1.54) is 6.33 Å². The fourth-order valence-corrected chi connectivity index (χ4v) is 1.59. The summed E-state index contributed by atoms with van der Waals surface area (Å²) in [6.07, 6.45) is 2.08. The topological polar surface area (TPSA) is 72.1 Å². The fraction of sp³-hybridized carbons (Fsp3) is 0.444. The molecule has 0 aliphatic rings. The van der Waals surface area contributed by atoms with Crippen molar-refractivity contribution in [2.24, 2.45) is 5.73 Å². The normalized spacial score (nSPS) is 10.1. The van der Waals surface area contributed by atoms with Crippen LogP contribution in [0, 0.1) is 0 Å². The number of amides is 1. The number of nitrogens with two attached hydrogens (primary N) is 1. The minimum absolute atomic E-state index is 0.111. The molecule has 0 bridgehead atoms. The molecule has 0 saturated heterocycles. The number of anilines is 1. The van der Waals surface area contributed by atoms with Crippen molar-refractivity contribution >= 4 is 23.3 Å². The first-order valence-electron chi connectivity index (χ1n) is 4.55. The van der Waals surface area contributed by atoms with Gasteiger partial charge in [-0.05, 0) is 6.42 Å². The monoisotopic (exact) mass is 228 g/mol. The van der Waals surface area contributed by atoms with Crippen LogP contribution in [0.15, 0.2) is 6.33 Å². The van der Waals surface area contributed by atoms with E-state index in [4.69, 9.17) is 17.3 Å². The van der Waals surface area contributed by atoms with Gasteiger partial charge in [0.05, 0.1) is 6.54 Å². The number of hydrogen-bond acceptors (Lipinski definition) is 4. The Morgan fingerprint density at radius 1 is 1.60 bits per heavy atom. The number of rotatable bonds is 4. The van der Waals surface area contributed by atoms with Gasteiger partial charge in [-0.1, -0.05) is 18.5 Å². The maximum Gasteiger partial charge on any atom is 0.236 e. The van der Waals surface area contributed by atoms with Gasteiger partial charge in [0.25, 0.3) is 0 Å². The summed E-state index contributed by atoms with van der Waals surface area (Å²) in [5.41, 5.74) is 5.93. The summed E-state index contributed by atoms with van der Waals surface area (Å²) in [5.74, 6) is 0.241. The molecule has 0 radical (unpaired) electrons. The molecule has 0 atom stereocenters. The van der Waals surface area contributed by atoms with Crippen LogP contribution < -0.4 is 10.6 Å². The van der Waals surface area contributed by atoms with Crippen molar-refractivity contribution in [1.82, 2.24) is 9.97 Å². The number of aromatic nitrogens is 2. The predicted octanol–water partition coefficient (Wildman–Crippen LogP) is 0.614. The summed E-state index contributed by atoms with van der Waals surface area (Å²) in [5, 5.41) is 0.416. The number of nitrogens with zero attached hydrogens (tertiary/aromatic N) is 3. The first-order valence-corrected chi connectivity index (χ1v) is 4.92. The van der Waals surface area contributed by atoms with Crippen LogP contribution in [0.4, 0.5) is 5.82 Å². The van der Waals surface area contributed by atoms with Crippen molar-refractivity contribution in [1.29, 1.82) is 0 Å². The maximum atomic E-state index is 10.8. The molecule has 1 aromatic rings. The molecule has 0 fully saturated rings. The number of halogens is 1. The Balaban J connectivity index is 3.02. The standard InChI is InChI=1S/C9H13ClN4O/c1-3-6-8(10)12-5-13-9(6)14(2)4-7(11)15/h5H,3-4H2,1-2H3,(H2,11,15). The lowest BCUT2D eigenvalue weighted by atomic mass is 10.2. The van der Waals surface area contributed by atoms with Gasteiger partial charge in [0.15, 0.2) is 0 Å². The summed E-state index contributed by atoms with van der Waals surface area (Å²) >= 11 is 5.92. The van der Waals surface area contributed by atoms with Crippen LogP contribution in [0.3, 0.4) is 0 Å². The smallest absolute Gasteiger partial charge is 0.236 e. The molecule has 0 aromatic carbocycles. The van der Waals surface area contributed by atoms with E-state index in [9.17, 15) is 4.79 Å². The third-order valence-corrected chi connectivity index (χ3v) is 2.30. The fourth-order valence-electron chi connectivity index (χ4n) is 1.32. The summed E-state index contributed by atoms with van der Waals surface area (Å²) in [4.78, 5) is 20.4. The van der Waals surface area contributed by atoms with Crippen LogP contribution in [0.25, 0.3) is 0 Å². The van der Waals surface area contributed by atoms with Crippen molar-refractivity contribution in [3.63, 3.8) is 0 Å². The Hall–Kier alpha value is -1.36. The zero-order valence-corrected chi connectivity index (χ0v) is 9.45. The van der Waals surface area contributed by atoms with E-state index in [0.717, 1.165) is 5.56 Å². The molecular weight excluding hydrogens is 216 g/mol. The van der Waals surface area contributed by atoms with Crippen molar-refractivity contribution in [2.75, 3.05) is 18.5 Å². The summed E-state index contributed by atoms with van der Waals surface area (Å²) in [6.45, 7) is 2.06. The Morgan fingerprint density at radius 3 is 2.80 bits per heavy atom. The Labute approximate surface area is 93.3 Å². The van der Waals surface area contributed by atoms with Gasteiger partial charge in [-0.3, -0.25) is 4.79 Å². The Morgan fingerprint density at radius 2 is 2.27 bits per heavy atom. The third kappa shape index (κ3) is 2.79. The molecule has 0 spiro atoms. The number of primary amides is 1. The number of hydrogen-bond donors (Lipinski definition) is 1. The molecule has 0 unspecified atom stereocenters. The van der Waals surface area contributed by atoms with E-state index < -0.39 is 5.91 Å². The molecule has 82 valence electrons. The summed E-state index contributed by atoms with van der Waals surface area (Å²) < 4.78 is 0. The second-order valence-electron chi connectivity index (χ2n) is 3.14. The maximum absolute atomic E-state index is 10.8. The Bertz CT molecular complexity index is 369. The zero-order valence-electron chi connectivity index (χ0n) is 8.70. The highest BCUT2D eigenvalue weighted by molar-refractivity contribution is 6.30. The molecule has 6 heteroatoms. The first kappa shape index (κ1) is 11.7. The van der Waals surface area contributed by atoms with E-state index in [1.807, 2.05) is 6.92 Å². The number of likely N-dealkylation sites (N-methyl/N-ethyl adjacent to an activating group) is 1. The van der Waals surface area contributed by atoms with Crippen LogP contribution in [0.1, 0.15) is 12.5 Å². The van der Waals surface area contributed by atoms with Crippen LogP contribution >= 0.6 is 11.6 Å². The second kappa shape index (κ2) is 4.93. The summed E-state index contributed by atoms with van der Waals surface area (Å²) in [6, 6.07) is 0. The largest absolute Gasteiger partial charge is 0.368 e. The molecule has 15 heavy (non-hydrogen) atoms. The quantitative estimate of drug-likeness (QED) is 0.767. The van der Waals surface area contributed by atoms with Crippen LogP contribution in [0.2, 0.25) is 5.15 Å². The molecule has 1 aromatic heterocycles. The highest BCUT2D eigenvalue weighted by Gasteiger charge is 2.13. The van der Waals surface area contributed by atoms with E-state index in [0.29, 0.717) is 17.4 Å². The van der Waals surface area contributed by atoms with Gasteiger partial charge >= 0.3 is 0 Å². The van der Waals surface area contributed by atoms with Crippen molar-refractivity contribution < 1.29 is 4.79 Å². The second-order valence-corrected chi connectivity index (χ2v) is 3.50. The van der Waals surface area contributed by atoms with E-state index in [-0.39, 0.29) is 6.54 Å². The molecule has 1 heterocycles. The minimum Gasteiger partial charge on any atom is -0.368 e. The molecule has 2 N–H and O–H groups in total. The molecular formula is C9H13ClN4O. The van der Waals surface area contributed by atoms with Crippen molar-refractivity contribution in [2.45, 2.75) is 13.3 Å². The minimum atomic E-state index is -0.408. The predicted molar refractivity (Wildman–Crippen MR) is 58.9 cm³/mol. The highest BCUT2D eigenvalue weighted by Crippen LogP contribution is 2.22. The van der Waals surface area contributed by atoms with Gasteiger partial charge < -0.3 is 10.6 Å². The average molecular weight is 229 g/mol. The van der Waals surface area contributed by atoms with Crippen LogP contribution in [0.5, 0.6) is 0 Å². The van der Waals surface area contributed by atoms with E-state index in [1.54, 1.807) is 11.9 Å². The number of carbonyl (C=O) groups excluding carboxylic acids is 1.